The predicted octanol–water partition coefficient (Wildman–Crippen LogP) is 5.22. The number of rotatable bonds is 8. The zero-order valence-corrected chi connectivity index (χ0v) is 17.4. The second-order valence-electron chi connectivity index (χ2n) is 6.51. The van der Waals surface area contributed by atoms with Crippen molar-refractivity contribution in [2.75, 3.05) is 12.3 Å². The van der Waals surface area contributed by atoms with E-state index in [2.05, 4.69) is 10.3 Å². The maximum Gasteiger partial charge on any atom is 0.406 e. The van der Waals surface area contributed by atoms with Gasteiger partial charge < -0.3 is 9.88 Å². The molecule has 0 saturated heterocycles. The number of alkyl halides is 3. The lowest BCUT2D eigenvalue weighted by Gasteiger charge is -2.14. The van der Waals surface area contributed by atoms with Crippen LogP contribution in [0.2, 0.25) is 5.02 Å². The van der Waals surface area contributed by atoms with Crippen molar-refractivity contribution in [2.24, 2.45) is 0 Å². The summed E-state index contributed by atoms with van der Waals surface area (Å²) in [7, 11) is 0. The molecule has 0 aliphatic heterocycles. The second-order valence-corrected chi connectivity index (χ2v) is 7.89. The van der Waals surface area contributed by atoms with Crippen LogP contribution in [0.1, 0.15) is 5.56 Å². The molecular formula is C21H19ClF3N3OS. The molecule has 3 aromatic rings. The fraction of sp³-hybridized carbons (Fsp3) is 0.238. The minimum atomic E-state index is -4.40. The van der Waals surface area contributed by atoms with E-state index in [1.54, 1.807) is 42.5 Å². The largest absolute Gasteiger partial charge is 0.406 e. The molecule has 0 bridgehead atoms. The van der Waals surface area contributed by atoms with E-state index < -0.39 is 12.7 Å². The van der Waals surface area contributed by atoms with Gasteiger partial charge in [0.1, 0.15) is 6.54 Å². The molecule has 0 aliphatic carbocycles. The Morgan fingerprint density at radius 2 is 1.80 bits per heavy atom. The van der Waals surface area contributed by atoms with Crippen LogP contribution in [0.25, 0.3) is 11.3 Å². The first kappa shape index (κ1) is 22.2. The van der Waals surface area contributed by atoms with Gasteiger partial charge in [0.2, 0.25) is 5.91 Å². The summed E-state index contributed by atoms with van der Waals surface area (Å²) in [6, 6.07) is 16.0. The Hall–Kier alpha value is -2.45. The van der Waals surface area contributed by atoms with E-state index >= 15 is 0 Å². The van der Waals surface area contributed by atoms with Crippen LogP contribution in [0.3, 0.4) is 0 Å². The van der Waals surface area contributed by atoms with Crippen LogP contribution in [-0.2, 0) is 17.8 Å². The number of imidazole rings is 1. The van der Waals surface area contributed by atoms with Crippen molar-refractivity contribution in [1.82, 2.24) is 14.9 Å². The molecule has 30 heavy (non-hydrogen) atoms. The monoisotopic (exact) mass is 453 g/mol. The lowest BCUT2D eigenvalue weighted by Crippen LogP contribution is -2.27. The molecule has 0 atom stereocenters. The fourth-order valence-corrected chi connectivity index (χ4v) is 3.76. The van der Waals surface area contributed by atoms with Gasteiger partial charge in [-0.05, 0) is 29.7 Å². The molecule has 0 saturated carbocycles. The number of halogens is 4. The lowest BCUT2D eigenvalue weighted by atomic mass is 10.1. The number of benzene rings is 2. The Morgan fingerprint density at radius 3 is 2.47 bits per heavy atom. The van der Waals surface area contributed by atoms with Gasteiger partial charge in [-0.1, -0.05) is 65.8 Å². The summed E-state index contributed by atoms with van der Waals surface area (Å²) in [4.78, 5) is 16.2. The molecule has 0 radical (unpaired) electrons. The average Bonchev–Trinajstić information content (AvgIpc) is 3.09. The number of nitrogens with one attached hydrogen (secondary N) is 1. The minimum absolute atomic E-state index is 0.0241. The van der Waals surface area contributed by atoms with Crippen molar-refractivity contribution in [3.05, 3.63) is 71.4 Å². The molecule has 1 heterocycles. The van der Waals surface area contributed by atoms with E-state index in [-0.39, 0.29) is 16.8 Å². The molecule has 1 amide bonds. The molecule has 1 aromatic heterocycles. The summed E-state index contributed by atoms with van der Waals surface area (Å²) < 4.78 is 40.4. The maximum absolute atomic E-state index is 13.1. The van der Waals surface area contributed by atoms with Crippen LogP contribution in [0, 0.1) is 0 Å². The summed E-state index contributed by atoms with van der Waals surface area (Å²) in [6.07, 6.45) is -2.36. The summed E-state index contributed by atoms with van der Waals surface area (Å²) in [5.74, 6) is -0.291. The van der Waals surface area contributed by atoms with Gasteiger partial charge in [-0.25, -0.2) is 4.98 Å². The smallest absolute Gasteiger partial charge is 0.355 e. The van der Waals surface area contributed by atoms with Crippen molar-refractivity contribution in [3.63, 3.8) is 0 Å². The van der Waals surface area contributed by atoms with Gasteiger partial charge in [0.15, 0.2) is 5.16 Å². The highest BCUT2D eigenvalue weighted by Crippen LogP contribution is 2.29. The molecule has 0 spiro atoms. The molecule has 9 heteroatoms. The fourth-order valence-electron chi connectivity index (χ4n) is 2.82. The zero-order chi connectivity index (χ0) is 21.6. The molecule has 4 nitrogen and oxygen atoms in total. The van der Waals surface area contributed by atoms with Crippen LogP contribution < -0.4 is 5.32 Å². The molecular weight excluding hydrogens is 435 g/mol. The number of carbonyl (C=O) groups is 1. The van der Waals surface area contributed by atoms with Crippen LogP contribution >= 0.6 is 23.4 Å². The summed E-state index contributed by atoms with van der Waals surface area (Å²) >= 11 is 6.82. The first-order chi connectivity index (χ1) is 14.3. The van der Waals surface area contributed by atoms with Gasteiger partial charge in [-0.2, -0.15) is 13.2 Å². The number of hydrogen-bond acceptors (Lipinski definition) is 3. The van der Waals surface area contributed by atoms with Crippen molar-refractivity contribution in [3.8, 4) is 11.3 Å². The normalized spacial score (nSPS) is 11.5. The Kier molecular flexibility index (Phi) is 7.44. The van der Waals surface area contributed by atoms with Crippen molar-refractivity contribution in [2.45, 2.75) is 24.3 Å². The van der Waals surface area contributed by atoms with E-state index in [4.69, 9.17) is 11.6 Å². The van der Waals surface area contributed by atoms with Gasteiger partial charge in [0.25, 0.3) is 0 Å². The standard InChI is InChI=1S/C21H19ClF3N3OS/c22-17-8-6-15(7-9-17)10-11-26-19(29)13-30-20-27-12-18(16-4-2-1-3-5-16)28(20)14-21(23,24)25/h1-9,12H,10-11,13-14H2,(H,26,29). The van der Waals surface area contributed by atoms with Crippen molar-refractivity contribution >= 4 is 29.3 Å². The lowest BCUT2D eigenvalue weighted by molar-refractivity contribution is -0.141. The minimum Gasteiger partial charge on any atom is -0.355 e. The summed E-state index contributed by atoms with van der Waals surface area (Å²) in [5.41, 5.74) is 2.02. The average molecular weight is 454 g/mol. The van der Waals surface area contributed by atoms with Gasteiger partial charge in [-0.3, -0.25) is 4.79 Å². The quantitative estimate of drug-likeness (QED) is 0.476. The van der Waals surface area contributed by atoms with Gasteiger partial charge in [-0.15, -0.1) is 0 Å². The van der Waals surface area contributed by atoms with E-state index in [1.807, 2.05) is 12.1 Å². The number of aromatic nitrogens is 2. The Bertz CT molecular complexity index is 975. The second kappa shape index (κ2) is 10.0. The third-order valence-corrected chi connectivity index (χ3v) is 5.45. The molecule has 0 unspecified atom stereocenters. The van der Waals surface area contributed by atoms with Crippen molar-refractivity contribution in [1.29, 1.82) is 0 Å². The third-order valence-electron chi connectivity index (χ3n) is 4.21. The zero-order valence-electron chi connectivity index (χ0n) is 15.8. The summed E-state index contributed by atoms with van der Waals surface area (Å²) in [5, 5.41) is 3.56. The molecule has 0 fully saturated rings. The van der Waals surface area contributed by atoms with E-state index in [0.29, 0.717) is 29.2 Å². The number of hydrogen-bond donors (Lipinski definition) is 1. The van der Waals surface area contributed by atoms with Crippen LogP contribution in [-0.4, -0.2) is 33.9 Å². The van der Waals surface area contributed by atoms with Gasteiger partial charge in [0.05, 0.1) is 17.6 Å². The van der Waals surface area contributed by atoms with Gasteiger partial charge in [0, 0.05) is 11.6 Å². The Morgan fingerprint density at radius 1 is 1.10 bits per heavy atom. The predicted molar refractivity (Wildman–Crippen MR) is 113 cm³/mol. The number of amides is 1. The molecule has 2 aromatic carbocycles. The Balaban J connectivity index is 1.60. The van der Waals surface area contributed by atoms with E-state index in [0.717, 1.165) is 21.9 Å². The number of carbonyl (C=O) groups excluding carboxylic acids is 1. The SMILES string of the molecule is O=C(CSc1ncc(-c2ccccc2)n1CC(F)(F)F)NCCc1ccc(Cl)cc1. The van der Waals surface area contributed by atoms with Crippen LogP contribution in [0.5, 0.6) is 0 Å². The third kappa shape index (κ3) is 6.53. The highest BCUT2D eigenvalue weighted by atomic mass is 35.5. The number of thioether (sulfide) groups is 1. The van der Waals surface area contributed by atoms with Crippen LogP contribution in [0.4, 0.5) is 13.2 Å². The van der Waals surface area contributed by atoms with E-state index in [1.165, 1.54) is 6.20 Å². The highest BCUT2D eigenvalue weighted by molar-refractivity contribution is 7.99. The van der Waals surface area contributed by atoms with Crippen LogP contribution in [0.15, 0.2) is 66.0 Å². The number of nitrogens with zero attached hydrogens (tertiary/aromatic N) is 2. The van der Waals surface area contributed by atoms with E-state index in [9.17, 15) is 18.0 Å². The molecule has 0 aliphatic rings. The topological polar surface area (TPSA) is 46.9 Å². The summed E-state index contributed by atoms with van der Waals surface area (Å²) in [6.45, 7) is -0.745. The molecule has 158 valence electrons. The Labute approximate surface area is 181 Å². The first-order valence-corrected chi connectivity index (χ1v) is 10.5. The maximum atomic E-state index is 13.1. The van der Waals surface area contributed by atoms with Crippen molar-refractivity contribution < 1.29 is 18.0 Å². The van der Waals surface area contributed by atoms with Gasteiger partial charge >= 0.3 is 6.18 Å². The molecule has 1 N–H and O–H groups in total. The highest BCUT2D eigenvalue weighted by Gasteiger charge is 2.31. The molecule has 3 rings (SSSR count). The first-order valence-electron chi connectivity index (χ1n) is 9.13.